The van der Waals surface area contributed by atoms with E-state index in [1.165, 1.54) is 0 Å². The SMILES string of the molecule is Cc1ccc2cc(-c3noc(CCC(=O)N[C@H](C)c4ccccc4)n3)c(=O)[nH]c2c1. The quantitative estimate of drug-likeness (QED) is 0.512. The molecule has 152 valence electrons. The molecule has 4 rings (SSSR count). The van der Waals surface area contributed by atoms with E-state index in [9.17, 15) is 9.59 Å². The van der Waals surface area contributed by atoms with Gasteiger partial charge in [0.05, 0.1) is 11.6 Å². The third-order valence-corrected chi connectivity index (χ3v) is 4.95. The number of carbonyl (C=O) groups is 1. The van der Waals surface area contributed by atoms with Crippen molar-refractivity contribution >= 4 is 16.8 Å². The molecule has 0 aliphatic carbocycles. The molecule has 0 aliphatic rings. The zero-order valence-corrected chi connectivity index (χ0v) is 16.8. The standard InChI is InChI=1S/C23H22N4O3/c1-14-8-9-17-13-18(23(29)25-19(17)12-14)22-26-21(30-27-22)11-10-20(28)24-15(2)16-6-4-3-5-7-16/h3-9,12-13,15H,10-11H2,1-2H3,(H,24,28)(H,25,29)/t15-/m1/s1. The first kappa shape index (κ1) is 19.6. The van der Waals surface area contributed by atoms with Crippen LogP contribution in [0, 0.1) is 6.92 Å². The minimum absolute atomic E-state index is 0.0864. The molecule has 2 aromatic heterocycles. The highest BCUT2D eigenvalue weighted by atomic mass is 16.5. The molecule has 7 heteroatoms. The lowest BCUT2D eigenvalue weighted by atomic mass is 10.1. The second-order valence-corrected chi connectivity index (χ2v) is 7.31. The van der Waals surface area contributed by atoms with Gasteiger partial charge in [0, 0.05) is 18.4 Å². The maximum atomic E-state index is 12.4. The van der Waals surface area contributed by atoms with Gasteiger partial charge >= 0.3 is 0 Å². The van der Waals surface area contributed by atoms with E-state index < -0.39 is 0 Å². The van der Waals surface area contributed by atoms with E-state index in [1.54, 1.807) is 6.07 Å². The molecule has 0 spiro atoms. The lowest BCUT2D eigenvalue weighted by Gasteiger charge is -2.13. The Bertz CT molecular complexity index is 1240. The van der Waals surface area contributed by atoms with Gasteiger partial charge < -0.3 is 14.8 Å². The summed E-state index contributed by atoms with van der Waals surface area (Å²) in [7, 11) is 0. The molecule has 7 nitrogen and oxygen atoms in total. The maximum Gasteiger partial charge on any atom is 0.259 e. The predicted molar refractivity (Wildman–Crippen MR) is 114 cm³/mol. The van der Waals surface area contributed by atoms with Crippen LogP contribution < -0.4 is 10.9 Å². The molecular weight excluding hydrogens is 380 g/mol. The fraction of sp³-hybridized carbons (Fsp3) is 0.217. The summed E-state index contributed by atoms with van der Waals surface area (Å²) in [5.41, 5.74) is 2.92. The number of hydrogen-bond donors (Lipinski definition) is 2. The van der Waals surface area contributed by atoms with E-state index in [1.807, 2.05) is 62.4 Å². The first-order valence-electron chi connectivity index (χ1n) is 9.80. The second kappa shape index (κ2) is 8.32. The second-order valence-electron chi connectivity index (χ2n) is 7.31. The summed E-state index contributed by atoms with van der Waals surface area (Å²) in [6.45, 7) is 3.90. The number of nitrogens with one attached hydrogen (secondary N) is 2. The number of fused-ring (bicyclic) bond motifs is 1. The van der Waals surface area contributed by atoms with Gasteiger partial charge in [-0.15, -0.1) is 0 Å². The zero-order chi connectivity index (χ0) is 21.1. The van der Waals surface area contributed by atoms with Crippen molar-refractivity contribution < 1.29 is 9.32 Å². The molecule has 4 aromatic rings. The number of hydrogen-bond acceptors (Lipinski definition) is 5. The Kier molecular flexibility index (Phi) is 5.43. The van der Waals surface area contributed by atoms with Crippen LogP contribution in [-0.4, -0.2) is 21.0 Å². The molecule has 2 heterocycles. The highest BCUT2D eigenvalue weighted by molar-refractivity contribution is 5.82. The molecule has 1 amide bonds. The Morgan fingerprint density at radius 1 is 1.17 bits per heavy atom. The number of rotatable bonds is 6. The van der Waals surface area contributed by atoms with Gasteiger partial charge in [0.25, 0.3) is 5.56 Å². The normalized spacial score (nSPS) is 12.1. The van der Waals surface area contributed by atoms with E-state index in [0.29, 0.717) is 17.9 Å². The van der Waals surface area contributed by atoms with Crippen LogP contribution in [0.25, 0.3) is 22.3 Å². The predicted octanol–water partition coefficient (Wildman–Crippen LogP) is 3.70. The van der Waals surface area contributed by atoms with Crippen LogP contribution in [0.2, 0.25) is 0 Å². The Hall–Kier alpha value is -3.74. The first-order chi connectivity index (χ1) is 14.5. The Labute approximate surface area is 173 Å². The lowest BCUT2D eigenvalue weighted by Crippen LogP contribution is -2.26. The van der Waals surface area contributed by atoms with Crippen molar-refractivity contribution in [1.29, 1.82) is 0 Å². The Morgan fingerprint density at radius 2 is 1.97 bits per heavy atom. The molecule has 0 radical (unpaired) electrons. The van der Waals surface area contributed by atoms with E-state index in [4.69, 9.17) is 4.52 Å². The van der Waals surface area contributed by atoms with Crippen molar-refractivity contribution in [2.75, 3.05) is 0 Å². The van der Waals surface area contributed by atoms with Crippen LogP contribution in [-0.2, 0) is 11.2 Å². The van der Waals surface area contributed by atoms with Gasteiger partial charge in [0.2, 0.25) is 17.6 Å². The Morgan fingerprint density at radius 3 is 2.77 bits per heavy atom. The molecule has 0 bridgehead atoms. The molecule has 0 aliphatic heterocycles. The summed E-state index contributed by atoms with van der Waals surface area (Å²) in [5, 5.41) is 7.76. The topological polar surface area (TPSA) is 101 Å². The minimum atomic E-state index is -0.283. The van der Waals surface area contributed by atoms with Gasteiger partial charge in [0.15, 0.2) is 0 Å². The summed E-state index contributed by atoms with van der Waals surface area (Å²) in [4.78, 5) is 31.8. The van der Waals surface area contributed by atoms with Crippen molar-refractivity contribution in [3.05, 3.63) is 82.0 Å². The number of pyridine rings is 1. The summed E-state index contributed by atoms with van der Waals surface area (Å²) in [6, 6.07) is 17.2. The summed E-state index contributed by atoms with van der Waals surface area (Å²) < 4.78 is 5.25. The number of H-pyrrole nitrogens is 1. The van der Waals surface area contributed by atoms with E-state index in [-0.39, 0.29) is 29.8 Å². The summed E-state index contributed by atoms with van der Waals surface area (Å²) in [6.07, 6.45) is 0.511. The number of amides is 1. The number of nitrogens with zero attached hydrogens (tertiary/aromatic N) is 2. The largest absolute Gasteiger partial charge is 0.350 e. The summed E-state index contributed by atoms with van der Waals surface area (Å²) in [5.74, 6) is 0.424. The minimum Gasteiger partial charge on any atom is -0.350 e. The zero-order valence-electron chi connectivity index (χ0n) is 16.8. The van der Waals surface area contributed by atoms with Crippen LogP contribution in [0.15, 0.2) is 63.9 Å². The van der Waals surface area contributed by atoms with Gasteiger partial charge in [-0.3, -0.25) is 9.59 Å². The lowest BCUT2D eigenvalue weighted by molar-refractivity contribution is -0.121. The third-order valence-electron chi connectivity index (χ3n) is 4.95. The molecule has 2 N–H and O–H groups in total. The van der Waals surface area contributed by atoms with Crippen molar-refractivity contribution in [3.8, 4) is 11.4 Å². The van der Waals surface area contributed by atoms with Gasteiger partial charge in [-0.2, -0.15) is 4.98 Å². The summed E-state index contributed by atoms with van der Waals surface area (Å²) >= 11 is 0. The van der Waals surface area contributed by atoms with Crippen molar-refractivity contribution in [2.45, 2.75) is 32.7 Å². The molecule has 0 unspecified atom stereocenters. The van der Waals surface area contributed by atoms with Crippen molar-refractivity contribution in [2.24, 2.45) is 0 Å². The molecule has 0 saturated heterocycles. The van der Waals surface area contributed by atoms with E-state index >= 15 is 0 Å². The molecule has 30 heavy (non-hydrogen) atoms. The van der Waals surface area contributed by atoms with Crippen molar-refractivity contribution in [1.82, 2.24) is 20.4 Å². The number of aromatic amines is 1. The van der Waals surface area contributed by atoms with E-state index in [2.05, 4.69) is 20.4 Å². The average Bonchev–Trinajstić information content (AvgIpc) is 3.21. The maximum absolute atomic E-state index is 12.4. The fourth-order valence-corrected chi connectivity index (χ4v) is 3.31. The fourth-order valence-electron chi connectivity index (χ4n) is 3.31. The highest BCUT2D eigenvalue weighted by Gasteiger charge is 2.15. The van der Waals surface area contributed by atoms with Crippen LogP contribution in [0.4, 0.5) is 0 Å². The third kappa shape index (κ3) is 4.30. The monoisotopic (exact) mass is 402 g/mol. The molecule has 0 fully saturated rings. The number of carbonyl (C=O) groups excluding carboxylic acids is 1. The van der Waals surface area contributed by atoms with E-state index in [0.717, 1.165) is 22.0 Å². The van der Waals surface area contributed by atoms with Crippen LogP contribution >= 0.6 is 0 Å². The first-order valence-corrected chi connectivity index (χ1v) is 9.80. The smallest absolute Gasteiger partial charge is 0.259 e. The van der Waals surface area contributed by atoms with Gasteiger partial charge in [0.1, 0.15) is 0 Å². The van der Waals surface area contributed by atoms with Gasteiger partial charge in [-0.05, 0) is 42.5 Å². The van der Waals surface area contributed by atoms with Gasteiger partial charge in [-0.25, -0.2) is 0 Å². The molecule has 0 saturated carbocycles. The van der Waals surface area contributed by atoms with Crippen LogP contribution in [0.3, 0.4) is 0 Å². The van der Waals surface area contributed by atoms with Crippen LogP contribution in [0.5, 0.6) is 0 Å². The highest BCUT2D eigenvalue weighted by Crippen LogP contribution is 2.19. The average molecular weight is 402 g/mol. The van der Waals surface area contributed by atoms with Crippen LogP contribution in [0.1, 0.15) is 36.4 Å². The van der Waals surface area contributed by atoms with Gasteiger partial charge in [-0.1, -0.05) is 47.6 Å². The molecular formula is C23H22N4O3. The van der Waals surface area contributed by atoms with Crippen molar-refractivity contribution in [3.63, 3.8) is 0 Å². The molecule has 2 aromatic carbocycles. The number of aryl methyl sites for hydroxylation is 2. The number of aromatic nitrogens is 3. The molecule has 1 atom stereocenters. The number of benzene rings is 2. The Balaban J connectivity index is 1.43.